The van der Waals surface area contributed by atoms with Gasteiger partial charge < -0.3 is 0 Å². The van der Waals surface area contributed by atoms with Gasteiger partial charge in [-0.1, -0.05) is 0 Å². The van der Waals surface area contributed by atoms with Crippen molar-refractivity contribution in [2.24, 2.45) is 0 Å². The molecule has 0 unspecified atom stereocenters. The van der Waals surface area contributed by atoms with Crippen LogP contribution in [-0.2, 0) is 0 Å². The number of carbonyl (C=O) groups is 2. The molecule has 0 aromatic heterocycles. The Balaban J connectivity index is 2.51. The van der Waals surface area contributed by atoms with Crippen molar-refractivity contribution in [1.82, 2.24) is 0 Å². The van der Waals surface area contributed by atoms with Crippen molar-refractivity contribution in [2.75, 3.05) is 14.2 Å². The first-order valence-electron chi connectivity index (χ1n) is 10.4. The summed E-state index contributed by atoms with van der Waals surface area (Å²) in [7, 11) is 3.21. The SMILES string of the molecule is CCC[CH2][Sn]([CH2]CCC)([C](=O)c1ccc(OC)cc1)[C](=O)c1ccc(OC)cc1. The van der Waals surface area contributed by atoms with Gasteiger partial charge in [0, 0.05) is 0 Å². The molecule has 0 fully saturated rings. The summed E-state index contributed by atoms with van der Waals surface area (Å²) in [5, 5.41) is 0. The Morgan fingerprint density at radius 3 is 1.31 bits per heavy atom. The molecule has 0 saturated carbocycles. The van der Waals surface area contributed by atoms with Crippen LogP contribution in [0.15, 0.2) is 48.5 Å². The van der Waals surface area contributed by atoms with Gasteiger partial charge in [0.2, 0.25) is 0 Å². The molecule has 0 amide bonds. The van der Waals surface area contributed by atoms with E-state index < -0.39 is 18.4 Å². The molecule has 4 nitrogen and oxygen atoms in total. The molecule has 0 saturated heterocycles. The molecule has 0 atom stereocenters. The summed E-state index contributed by atoms with van der Waals surface area (Å²) in [5.41, 5.74) is 1.30. The Hall–Kier alpha value is -1.82. The fourth-order valence-electron chi connectivity index (χ4n) is 3.68. The van der Waals surface area contributed by atoms with Gasteiger partial charge in [0.25, 0.3) is 0 Å². The number of rotatable bonds is 12. The minimum atomic E-state index is -3.91. The zero-order valence-electron chi connectivity index (χ0n) is 18.0. The van der Waals surface area contributed by atoms with E-state index in [1.54, 1.807) is 38.5 Å². The van der Waals surface area contributed by atoms with E-state index in [0.29, 0.717) is 22.6 Å². The van der Waals surface area contributed by atoms with Crippen molar-refractivity contribution in [3.8, 4) is 11.5 Å². The van der Waals surface area contributed by atoms with E-state index in [9.17, 15) is 9.59 Å². The second-order valence-electron chi connectivity index (χ2n) is 7.40. The van der Waals surface area contributed by atoms with Crippen molar-refractivity contribution in [1.29, 1.82) is 0 Å². The van der Waals surface area contributed by atoms with Crippen molar-refractivity contribution >= 4 is 26.0 Å². The summed E-state index contributed by atoms with van der Waals surface area (Å²) < 4.78 is 12.2. The topological polar surface area (TPSA) is 52.6 Å². The van der Waals surface area contributed by atoms with Crippen LogP contribution in [0.3, 0.4) is 0 Å². The molecule has 2 rings (SSSR count). The van der Waals surface area contributed by atoms with Crippen LogP contribution in [0.5, 0.6) is 11.5 Å². The summed E-state index contributed by atoms with van der Waals surface area (Å²) in [4.78, 5) is 27.6. The first-order valence-corrected chi connectivity index (χ1v) is 17.3. The fraction of sp³-hybridized carbons (Fsp3) is 0.417. The van der Waals surface area contributed by atoms with E-state index in [0.717, 1.165) is 34.6 Å². The molecule has 0 aliphatic carbocycles. The number of hydrogen-bond donors (Lipinski definition) is 0. The van der Waals surface area contributed by atoms with Crippen LogP contribution in [0, 0.1) is 0 Å². The summed E-state index contributed by atoms with van der Waals surface area (Å²) in [6.07, 6.45) is 3.81. The maximum absolute atomic E-state index is 13.8. The van der Waals surface area contributed by atoms with E-state index in [2.05, 4.69) is 13.8 Å². The predicted molar refractivity (Wildman–Crippen MR) is 120 cm³/mol. The van der Waals surface area contributed by atoms with Gasteiger partial charge >= 0.3 is 179 Å². The molecule has 0 aliphatic rings. The fourth-order valence-corrected chi connectivity index (χ4v) is 17.1. The standard InChI is InChI=1S/2C8H7O2.2C4H9.Sn/c2*1-10-8-4-2-7(6-9)3-5-8;2*1-3-4-2;/h2*2-5H,1H3;2*1,3-4H2,2H3;. The molecule has 0 spiro atoms. The van der Waals surface area contributed by atoms with Gasteiger partial charge in [0.1, 0.15) is 0 Å². The first kappa shape index (κ1) is 23.5. The molecule has 0 bridgehead atoms. The Morgan fingerprint density at radius 2 is 1.03 bits per heavy atom. The van der Waals surface area contributed by atoms with Crippen molar-refractivity contribution in [2.45, 2.75) is 48.4 Å². The van der Waals surface area contributed by atoms with Crippen molar-refractivity contribution in [3.05, 3.63) is 59.7 Å². The predicted octanol–water partition coefficient (Wildman–Crippen LogP) is 5.90. The number of methoxy groups -OCH3 is 2. The average molecular weight is 503 g/mol. The molecule has 0 N–H and O–H groups in total. The number of benzene rings is 2. The quantitative estimate of drug-likeness (QED) is 0.339. The zero-order valence-corrected chi connectivity index (χ0v) is 20.8. The third-order valence-corrected chi connectivity index (χ3v) is 19.0. The van der Waals surface area contributed by atoms with E-state index >= 15 is 0 Å². The summed E-state index contributed by atoms with van der Waals surface area (Å²) in [6.45, 7) is 4.23. The Bertz CT molecular complexity index is 727. The van der Waals surface area contributed by atoms with Gasteiger partial charge in [-0.15, -0.1) is 0 Å². The van der Waals surface area contributed by atoms with Crippen LogP contribution >= 0.6 is 0 Å². The third kappa shape index (κ3) is 5.62. The van der Waals surface area contributed by atoms with Crippen LogP contribution in [-0.4, -0.2) is 40.2 Å². The van der Waals surface area contributed by atoms with Crippen LogP contribution in [0.4, 0.5) is 0 Å². The number of hydrogen-bond acceptors (Lipinski definition) is 4. The van der Waals surface area contributed by atoms with E-state index in [-0.39, 0.29) is 7.60 Å². The molecule has 5 heteroatoms. The van der Waals surface area contributed by atoms with E-state index in [1.165, 1.54) is 0 Å². The van der Waals surface area contributed by atoms with Gasteiger partial charge in [0.05, 0.1) is 0 Å². The van der Waals surface area contributed by atoms with Gasteiger partial charge in [-0.25, -0.2) is 0 Å². The monoisotopic (exact) mass is 504 g/mol. The Kier molecular flexibility index (Phi) is 9.21. The minimum absolute atomic E-state index is 0.115. The van der Waals surface area contributed by atoms with Crippen LogP contribution < -0.4 is 9.47 Å². The second-order valence-corrected chi connectivity index (χ2v) is 19.0. The number of unbranched alkanes of at least 4 members (excludes halogenated alkanes) is 2. The number of carbonyl (C=O) groups excluding carboxylic acids is 2. The summed E-state index contributed by atoms with van der Waals surface area (Å²) in [5.74, 6) is 1.43. The van der Waals surface area contributed by atoms with Gasteiger partial charge in [-0.2, -0.15) is 0 Å². The van der Waals surface area contributed by atoms with E-state index in [4.69, 9.17) is 9.47 Å². The van der Waals surface area contributed by atoms with Gasteiger partial charge in [-0.3, -0.25) is 0 Å². The molecule has 2 aromatic rings. The normalized spacial score (nSPS) is 11.2. The molecule has 156 valence electrons. The number of ether oxygens (including phenoxy) is 2. The molecule has 0 heterocycles. The molecule has 29 heavy (non-hydrogen) atoms. The molecular formula is C24H32O4Sn. The summed E-state index contributed by atoms with van der Waals surface area (Å²) >= 11 is -3.91. The second kappa shape index (κ2) is 11.4. The Labute approximate surface area is 178 Å². The van der Waals surface area contributed by atoms with Gasteiger partial charge in [-0.05, 0) is 0 Å². The maximum atomic E-state index is 13.8. The van der Waals surface area contributed by atoms with Crippen molar-refractivity contribution in [3.63, 3.8) is 0 Å². The molecule has 2 aromatic carbocycles. The van der Waals surface area contributed by atoms with Crippen molar-refractivity contribution < 1.29 is 19.1 Å². The van der Waals surface area contributed by atoms with Crippen LogP contribution in [0.25, 0.3) is 0 Å². The molecule has 0 aliphatic heterocycles. The first-order chi connectivity index (χ1) is 14.0. The summed E-state index contributed by atoms with van der Waals surface area (Å²) in [6, 6.07) is 14.5. The van der Waals surface area contributed by atoms with Crippen LogP contribution in [0.2, 0.25) is 8.87 Å². The van der Waals surface area contributed by atoms with E-state index in [1.807, 2.05) is 24.3 Å². The molecular weight excluding hydrogens is 471 g/mol. The Morgan fingerprint density at radius 1 is 0.690 bits per heavy atom. The third-order valence-electron chi connectivity index (χ3n) is 5.49. The van der Waals surface area contributed by atoms with Crippen LogP contribution in [0.1, 0.15) is 60.2 Å². The zero-order chi connectivity index (χ0) is 21.3. The molecule has 0 radical (unpaired) electrons. The van der Waals surface area contributed by atoms with Gasteiger partial charge in [0.15, 0.2) is 0 Å². The average Bonchev–Trinajstić information content (AvgIpc) is 2.78.